The maximum atomic E-state index is 12.6. The first-order valence-corrected chi connectivity index (χ1v) is 8.34. The number of carbonyl (C=O) groups excluding carboxylic acids is 1. The SMILES string of the molecule is Cc1n[nH]c(C)c1CC(=O)N1C[C@@H](O)[C@H](N2CCN(C)CC2)C1. The van der Waals surface area contributed by atoms with Gasteiger partial charge in [0.05, 0.1) is 24.3 Å². The molecule has 0 spiro atoms. The van der Waals surface area contributed by atoms with Gasteiger partial charge >= 0.3 is 0 Å². The highest BCUT2D eigenvalue weighted by Gasteiger charge is 2.38. The molecule has 128 valence electrons. The lowest BCUT2D eigenvalue weighted by Gasteiger charge is -2.37. The zero-order valence-electron chi connectivity index (χ0n) is 14.2. The van der Waals surface area contributed by atoms with Crippen molar-refractivity contribution in [2.75, 3.05) is 46.3 Å². The molecule has 0 radical (unpaired) electrons. The average molecular weight is 321 g/mol. The number of likely N-dealkylation sites (tertiary alicyclic amines) is 1. The summed E-state index contributed by atoms with van der Waals surface area (Å²) in [4.78, 5) is 19.0. The van der Waals surface area contributed by atoms with Crippen LogP contribution in [0.5, 0.6) is 0 Å². The molecule has 7 nitrogen and oxygen atoms in total. The Morgan fingerprint density at radius 1 is 1.26 bits per heavy atom. The largest absolute Gasteiger partial charge is 0.390 e. The van der Waals surface area contributed by atoms with Crippen LogP contribution in [-0.2, 0) is 11.2 Å². The number of β-amino-alcohol motifs (C(OH)–C–C–N with tert-alkyl or cyclic N) is 1. The summed E-state index contributed by atoms with van der Waals surface area (Å²) in [6, 6.07) is 0.0687. The summed E-state index contributed by atoms with van der Waals surface area (Å²) >= 11 is 0. The highest BCUT2D eigenvalue weighted by Crippen LogP contribution is 2.20. The first-order chi connectivity index (χ1) is 11.0. The number of likely N-dealkylation sites (N-methyl/N-ethyl adjacent to an activating group) is 1. The summed E-state index contributed by atoms with van der Waals surface area (Å²) in [5.74, 6) is 0.0771. The van der Waals surface area contributed by atoms with Gasteiger partial charge in [0.1, 0.15) is 0 Å². The number of carbonyl (C=O) groups is 1. The normalized spacial score (nSPS) is 26.9. The van der Waals surface area contributed by atoms with Crippen molar-refractivity contribution in [2.24, 2.45) is 0 Å². The van der Waals surface area contributed by atoms with Gasteiger partial charge in [0.2, 0.25) is 5.91 Å². The first-order valence-electron chi connectivity index (χ1n) is 8.34. The number of aliphatic hydroxyl groups is 1. The fourth-order valence-corrected chi connectivity index (χ4v) is 3.58. The van der Waals surface area contributed by atoms with Gasteiger partial charge in [0.25, 0.3) is 0 Å². The number of hydrogen-bond acceptors (Lipinski definition) is 5. The standard InChI is InChI=1S/C16H27N5O2/c1-11-13(12(2)18-17-11)8-16(23)21-9-14(15(22)10-21)20-6-4-19(3)5-7-20/h14-15,22H,4-10H2,1-3H3,(H,17,18)/t14-,15-/m1/s1. The molecule has 2 N–H and O–H groups in total. The van der Waals surface area contributed by atoms with Crippen LogP contribution in [0.25, 0.3) is 0 Å². The molecule has 2 saturated heterocycles. The van der Waals surface area contributed by atoms with Gasteiger partial charge in [0.15, 0.2) is 0 Å². The molecular weight excluding hydrogens is 294 g/mol. The van der Waals surface area contributed by atoms with Crippen LogP contribution in [0.1, 0.15) is 17.0 Å². The number of H-pyrrole nitrogens is 1. The predicted octanol–water partition coefficient (Wildman–Crippen LogP) is -0.612. The minimum Gasteiger partial charge on any atom is -0.390 e. The van der Waals surface area contributed by atoms with E-state index in [1.807, 2.05) is 13.8 Å². The number of rotatable bonds is 3. The molecule has 0 bridgehead atoms. The average Bonchev–Trinajstić information content (AvgIpc) is 3.05. The minimum absolute atomic E-state index is 0.0687. The van der Waals surface area contributed by atoms with E-state index in [2.05, 4.69) is 27.0 Å². The van der Waals surface area contributed by atoms with E-state index in [4.69, 9.17) is 0 Å². The van der Waals surface area contributed by atoms with E-state index < -0.39 is 6.10 Å². The van der Waals surface area contributed by atoms with Gasteiger partial charge < -0.3 is 14.9 Å². The van der Waals surface area contributed by atoms with Gasteiger partial charge in [-0.2, -0.15) is 5.10 Å². The van der Waals surface area contributed by atoms with Crippen LogP contribution in [-0.4, -0.2) is 94.4 Å². The fourth-order valence-electron chi connectivity index (χ4n) is 3.58. The van der Waals surface area contributed by atoms with Crippen molar-refractivity contribution in [3.63, 3.8) is 0 Å². The van der Waals surface area contributed by atoms with Crippen LogP contribution in [0.3, 0.4) is 0 Å². The molecule has 3 rings (SSSR count). The van der Waals surface area contributed by atoms with Crippen LogP contribution in [0.15, 0.2) is 0 Å². The van der Waals surface area contributed by atoms with Crippen molar-refractivity contribution in [2.45, 2.75) is 32.4 Å². The number of piperazine rings is 1. The molecule has 2 atom stereocenters. The summed E-state index contributed by atoms with van der Waals surface area (Å²) in [6.07, 6.45) is -0.0926. The summed E-state index contributed by atoms with van der Waals surface area (Å²) in [5.41, 5.74) is 2.81. The number of aliphatic hydroxyl groups excluding tert-OH is 1. The Morgan fingerprint density at radius 3 is 2.57 bits per heavy atom. The molecule has 1 aromatic heterocycles. The van der Waals surface area contributed by atoms with E-state index in [-0.39, 0.29) is 11.9 Å². The highest BCUT2D eigenvalue weighted by atomic mass is 16.3. The lowest BCUT2D eigenvalue weighted by Crippen LogP contribution is -2.52. The Balaban J connectivity index is 1.60. The maximum absolute atomic E-state index is 12.6. The second kappa shape index (κ2) is 6.59. The molecule has 7 heteroatoms. The topological polar surface area (TPSA) is 75.7 Å². The summed E-state index contributed by atoms with van der Waals surface area (Å²) < 4.78 is 0. The van der Waals surface area contributed by atoms with E-state index in [1.54, 1.807) is 4.90 Å². The Labute approximate surface area is 137 Å². The van der Waals surface area contributed by atoms with Crippen LogP contribution >= 0.6 is 0 Å². The fraction of sp³-hybridized carbons (Fsp3) is 0.750. The lowest BCUT2D eigenvalue weighted by molar-refractivity contribution is -0.129. The Morgan fingerprint density at radius 2 is 1.96 bits per heavy atom. The molecule has 2 fully saturated rings. The summed E-state index contributed by atoms with van der Waals surface area (Å²) in [5, 5.41) is 17.5. The zero-order chi connectivity index (χ0) is 16.6. The first kappa shape index (κ1) is 16.4. The molecule has 1 amide bonds. The minimum atomic E-state index is -0.450. The molecule has 0 aromatic carbocycles. The van der Waals surface area contributed by atoms with Gasteiger partial charge in [-0.3, -0.25) is 14.8 Å². The molecule has 0 aliphatic carbocycles. The van der Waals surface area contributed by atoms with Crippen molar-refractivity contribution in [1.82, 2.24) is 24.9 Å². The third kappa shape index (κ3) is 3.41. The Kier molecular flexibility index (Phi) is 4.70. The molecule has 0 saturated carbocycles. The van der Waals surface area contributed by atoms with E-state index in [9.17, 15) is 9.90 Å². The number of hydrogen-bond donors (Lipinski definition) is 2. The van der Waals surface area contributed by atoms with Crippen LogP contribution in [0.4, 0.5) is 0 Å². The van der Waals surface area contributed by atoms with Crippen molar-refractivity contribution in [1.29, 1.82) is 0 Å². The number of aryl methyl sites for hydroxylation is 2. The summed E-state index contributed by atoms with van der Waals surface area (Å²) in [7, 11) is 2.12. The van der Waals surface area contributed by atoms with Crippen LogP contribution < -0.4 is 0 Å². The van der Waals surface area contributed by atoms with Gasteiger partial charge in [-0.25, -0.2) is 0 Å². The molecular formula is C16H27N5O2. The number of aromatic nitrogens is 2. The second-order valence-corrected chi connectivity index (χ2v) is 6.86. The molecule has 2 aliphatic rings. The van der Waals surface area contributed by atoms with E-state index in [0.29, 0.717) is 19.5 Å². The number of nitrogens with zero attached hydrogens (tertiary/aromatic N) is 4. The smallest absolute Gasteiger partial charge is 0.227 e. The Hall–Kier alpha value is -1.44. The summed E-state index contributed by atoms with van der Waals surface area (Å²) in [6.45, 7) is 8.87. The van der Waals surface area contributed by atoms with Gasteiger partial charge in [-0.05, 0) is 20.9 Å². The third-order valence-electron chi connectivity index (χ3n) is 5.23. The molecule has 23 heavy (non-hydrogen) atoms. The van der Waals surface area contributed by atoms with E-state index in [1.165, 1.54) is 0 Å². The number of amides is 1. The molecule has 2 aliphatic heterocycles. The molecule has 0 unspecified atom stereocenters. The quantitative estimate of drug-likeness (QED) is 0.777. The molecule has 1 aromatic rings. The van der Waals surface area contributed by atoms with Crippen molar-refractivity contribution in [3.8, 4) is 0 Å². The molecule has 3 heterocycles. The third-order valence-corrected chi connectivity index (χ3v) is 5.23. The van der Waals surface area contributed by atoms with Crippen LogP contribution in [0.2, 0.25) is 0 Å². The van der Waals surface area contributed by atoms with Gasteiger partial charge in [-0.15, -0.1) is 0 Å². The predicted molar refractivity (Wildman–Crippen MR) is 87.2 cm³/mol. The van der Waals surface area contributed by atoms with E-state index >= 15 is 0 Å². The second-order valence-electron chi connectivity index (χ2n) is 6.86. The van der Waals surface area contributed by atoms with Crippen molar-refractivity contribution < 1.29 is 9.90 Å². The van der Waals surface area contributed by atoms with E-state index in [0.717, 1.165) is 43.1 Å². The van der Waals surface area contributed by atoms with Crippen molar-refractivity contribution >= 4 is 5.91 Å². The number of aromatic amines is 1. The van der Waals surface area contributed by atoms with Crippen molar-refractivity contribution in [3.05, 3.63) is 17.0 Å². The number of nitrogens with one attached hydrogen (secondary N) is 1. The Bertz CT molecular complexity index is 545. The monoisotopic (exact) mass is 321 g/mol. The maximum Gasteiger partial charge on any atom is 0.227 e. The van der Waals surface area contributed by atoms with Gasteiger partial charge in [-0.1, -0.05) is 0 Å². The zero-order valence-corrected chi connectivity index (χ0v) is 14.2. The van der Waals surface area contributed by atoms with Crippen LogP contribution in [0, 0.1) is 13.8 Å². The van der Waals surface area contributed by atoms with Gasteiger partial charge in [0, 0.05) is 50.5 Å². The lowest BCUT2D eigenvalue weighted by atomic mass is 10.1. The highest BCUT2D eigenvalue weighted by molar-refractivity contribution is 5.79.